The number of aromatic nitrogens is 3. The zero-order valence-electron chi connectivity index (χ0n) is 23.7. The van der Waals surface area contributed by atoms with E-state index in [2.05, 4.69) is 15.1 Å². The second-order valence-corrected chi connectivity index (χ2v) is 13.2. The smallest absolute Gasteiger partial charge is 0.319 e. The second kappa shape index (κ2) is 9.51. The first kappa shape index (κ1) is 26.0. The van der Waals surface area contributed by atoms with E-state index in [9.17, 15) is 5.11 Å². The fourth-order valence-corrected chi connectivity index (χ4v) is 8.66. The van der Waals surface area contributed by atoms with Crippen LogP contribution in [0.4, 0.5) is 10.2 Å². The van der Waals surface area contributed by atoms with Gasteiger partial charge in [-0.05, 0) is 75.2 Å². The molecule has 9 rings (SSSR count). The highest BCUT2D eigenvalue weighted by molar-refractivity contribution is 6.36. The molecule has 222 valence electrons. The van der Waals surface area contributed by atoms with E-state index >= 15 is 4.39 Å². The number of anilines is 1. The van der Waals surface area contributed by atoms with Gasteiger partial charge in [0.25, 0.3) is 0 Å². The summed E-state index contributed by atoms with van der Waals surface area (Å²) in [5.41, 5.74) is 0.484. The van der Waals surface area contributed by atoms with Crippen molar-refractivity contribution in [3.8, 4) is 28.9 Å². The maximum atomic E-state index is 16.9. The average molecular weight is 603 g/mol. The van der Waals surface area contributed by atoms with Gasteiger partial charge in [-0.3, -0.25) is 4.90 Å². The standard InChI is InChI=1S/C32H32ClFN6O3/c33-21-5-1-4-17-12-19(41)13-20(24(17)21)27-26(34)28-25-29(38-31(37-28)43-16-32-8-2-10-39(32)11-3-9-32)40-14-18-6-7-22(35-18)23(40)15-42-30(25)36-27/h1,4-5,12-13,18,22-23,35,41H,2-3,6-11,14-16H2. The molecule has 5 aliphatic rings. The van der Waals surface area contributed by atoms with Crippen LogP contribution in [0.5, 0.6) is 17.6 Å². The molecular formula is C32H32ClFN6O3. The Labute approximate surface area is 253 Å². The van der Waals surface area contributed by atoms with Crippen molar-refractivity contribution in [2.45, 2.75) is 62.2 Å². The van der Waals surface area contributed by atoms with Crippen LogP contribution in [0.15, 0.2) is 30.3 Å². The largest absolute Gasteiger partial charge is 0.508 e. The Morgan fingerprint density at radius 1 is 1.12 bits per heavy atom. The fourth-order valence-electron chi connectivity index (χ4n) is 8.37. The monoisotopic (exact) mass is 602 g/mol. The zero-order chi connectivity index (χ0) is 28.9. The summed E-state index contributed by atoms with van der Waals surface area (Å²) in [6.45, 7) is 3.77. The fraction of sp³-hybridized carbons (Fsp3) is 0.469. The Kier molecular flexibility index (Phi) is 5.75. The summed E-state index contributed by atoms with van der Waals surface area (Å²) < 4.78 is 29.7. The molecule has 4 aromatic rings. The summed E-state index contributed by atoms with van der Waals surface area (Å²) >= 11 is 6.64. The molecule has 9 nitrogen and oxygen atoms in total. The lowest BCUT2D eigenvalue weighted by atomic mass is 9.95. The number of halogens is 2. The Morgan fingerprint density at radius 2 is 1.98 bits per heavy atom. The van der Waals surface area contributed by atoms with Crippen LogP contribution in [0.25, 0.3) is 32.9 Å². The Balaban J connectivity index is 1.24. The Morgan fingerprint density at radius 3 is 2.84 bits per heavy atom. The maximum Gasteiger partial charge on any atom is 0.319 e. The van der Waals surface area contributed by atoms with Gasteiger partial charge in [0.15, 0.2) is 5.82 Å². The third kappa shape index (κ3) is 3.92. The van der Waals surface area contributed by atoms with Crippen LogP contribution in [0.2, 0.25) is 5.02 Å². The highest BCUT2D eigenvalue weighted by Gasteiger charge is 2.46. The van der Waals surface area contributed by atoms with Gasteiger partial charge in [-0.25, -0.2) is 9.37 Å². The lowest BCUT2D eigenvalue weighted by Crippen LogP contribution is -2.60. The molecule has 7 heterocycles. The number of piperazine rings is 1. The number of pyridine rings is 1. The molecule has 4 fully saturated rings. The third-order valence-electron chi connectivity index (χ3n) is 10.4. The van der Waals surface area contributed by atoms with Crippen LogP contribution in [-0.4, -0.2) is 81.5 Å². The maximum absolute atomic E-state index is 16.9. The van der Waals surface area contributed by atoms with E-state index in [0.29, 0.717) is 51.8 Å². The number of ether oxygens (including phenoxy) is 2. The molecular weight excluding hydrogens is 571 g/mol. The zero-order valence-corrected chi connectivity index (χ0v) is 24.4. The van der Waals surface area contributed by atoms with E-state index in [1.165, 1.54) is 6.07 Å². The van der Waals surface area contributed by atoms with Crippen molar-refractivity contribution in [2.75, 3.05) is 37.7 Å². The number of benzene rings is 2. The van der Waals surface area contributed by atoms with Gasteiger partial charge in [0, 0.05) is 34.6 Å². The van der Waals surface area contributed by atoms with E-state index in [0.717, 1.165) is 58.2 Å². The molecule has 2 aromatic carbocycles. The molecule has 0 saturated carbocycles. The van der Waals surface area contributed by atoms with Crippen LogP contribution in [0, 0.1) is 5.82 Å². The minimum absolute atomic E-state index is 0.00340. The van der Waals surface area contributed by atoms with Gasteiger partial charge in [-0.15, -0.1) is 0 Å². The number of phenolic OH excluding ortho intramolecular Hbond substituents is 1. The molecule has 11 heteroatoms. The molecule has 0 spiro atoms. The van der Waals surface area contributed by atoms with Gasteiger partial charge >= 0.3 is 6.01 Å². The molecule has 3 unspecified atom stereocenters. The van der Waals surface area contributed by atoms with Gasteiger partial charge in [0.2, 0.25) is 5.88 Å². The van der Waals surface area contributed by atoms with Crippen molar-refractivity contribution in [1.82, 2.24) is 25.2 Å². The normalized spacial score (nSPS) is 25.5. The van der Waals surface area contributed by atoms with Gasteiger partial charge in [0.05, 0.1) is 11.6 Å². The molecule has 0 amide bonds. The van der Waals surface area contributed by atoms with Crippen molar-refractivity contribution < 1.29 is 19.0 Å². The Bertz CT molecular complexity index is 1800. The summed E-state index contributed by atoms with van der Waals surface area (Å²) in [6, 6.07) is 9.23. The van der Waals surface area contributed by atoms with Gasteiger partial charge in [-0.2, -0.15) is 9.97 Å². The highest BCUT2D eigenvalue weighted by atomic mass is 35.5. The molecule has 0 radical (unpaired) electrons. The van der Waals surface area contributed by atoms with E-state index in [1.807, 2.05) is 6.07 Å². The SMILES string of the molecule is Oc1cc(-c2nc3c4c(nc(OCC56CCCN5CCC6)nc4c2F)N2CC4CCC(N4)C2CO3)c2c(Cl)cccc2c1. The summed E-state index contributed by atoms with van der Waals surface area (Å²) in [7, 11) is 0. The lowest BCUT2D eigenvalue weighted by molar-refractivity contribution is 0.108. The number of nitrogens with zero attached hydrogens (tertiary/aromatic N) is 5. The van der Waals surface area contributed by atoms with Crippen LogP contribution >= 0.6 is 11.6 Å². The molecule has 4 saturated heterocycles. The van der Waals surface area contributed by atoms with Crippen LogP contribution in [0.3, 0.4) is 0 Å². The van der Waals surface area contributed by atoms with E-state index in [1.54, 1.807) is 18.2 Å². The molecule has 2 bridgehead atoms. The topological polar surface area (TPSA) is 95.9 Å². The molecule has 43 heavy (non-hydrogen) atoms. The summed E-state index contributed by atoms with van der Waals surface area (Å²) in [4.78, 5) is 19.2. The predicted molar refractivity (Wildman–Crippen MR) is 162 cm³/mol. The Hall–Kier alpha value is -3.47. The van der Waals surface area contributed by atoms with Crippen molar-refractivity contribution in [2.24, 2.45) is 0 Å². The van der Waals surface area contributed by atoms with Gasteiger partial charge in [-0.1, -0.05) is 23.7 Å². The first-order chi connectivity index (χ1) is 21.0. The number of phenols is 1. The number of fused-ring (bicyclic) bond motifs is 7. The van der Waals surface area contributed by atoms with Crippen molar-refractivity contribution in [1.29, 1.82) is 0 Å². The molecule has 5 aliphatic heterocycles. The molecule has 2 N–H and O–H groups in total. The second-order valence-electron chi connectivity index (χ2n) is 12.7. The van der Waals surface area contributed by atoms with Crippen molar-refractivity contribution >= 4 is 39.1 Å². The van der Waals surface area contributed by atoms with Crippen LogP contribution in [-0.2, 0) is 0 Å². The molecule has 0 aliphatic carbocycles. The van der Waals surface area contributed by atoms with Crippen LogP contribution < -0.4 is 19.7 Å². The number of hydrogen-bond acceptors (Lipinski definition) is 9. The number of hydrogen-bond donors (Lipinski definition) is 2. The van der Waals surface area contributed by atoms with Crippen molar-refractivity contribution in [3.63, 3.8) is 0 Å². The lowest BCUT2D eigenvalue weighted by Gasteiger charge is -2.40. The van der Waals surface area contributed by atoms with E-state index in [-0.39, 0.29) is 46.5 Å². The third-order valence-corrected chi connectivity index (χ3v) is 10.7. The first-order valence-electron chi connectivity index (χ1n) is 15.3. The minimum Gasteiger partial charge on any atom is -0.508 e. The quantitative estimate of drug-likeness (QED) is 0.333. The van der Waals surface area contributed by atoms with Gasteiger partial charge < -0.3 is 24.8 Å². The summed E-state index contributed by atoms with van der Waals surface area (Å²) in [5, 5.41) is 16.5. The first-order valence-corrected chi connectivity index (χ1v) is 15.7. The van der Waals surface area contributed by atoms with Crippen molar-refractivity contribution in [3.05, 3.63) is 41.2 Å². The van der Waals surface area contributed by atoms with E-state index in [4.69, 9.17) is 36.0 Å². The molecule has 2 aromatic heterocycles. The minimum atomic E-state index is -0.624. The molecule has 3 atom stereocenters. The van der Waals surface area contributed by atoms with Gasteiger partial charge in [0.1, 0.15) is 41.4 Å². The number of rotatable bonds is 4. The highest BCUT2D eigenvalue weighted by Crippen LogP contribution is 2.45. The summed E-state index contributed by atoms with van der Waals surface area (Å²) in [5.74, 6) is 0.250. The number of nitrogens with one attached hydrogen (secondary N) is 1. The van der Waals surface area contributed by atoms with Crippen LogP contribution in [0.1, 0.15) is 38.5 Å². The summed E-state index contributed by atoms with van der Waals surface area (Å²) in [6.07, 6.45) is 6.61. The average Bonchev–Trinajstić information content (AvgIpc) is 3.67. The number of aromatic hydroxyl groups is 1. The van der Waals surface area contributed by atoms with E-state index < -0.39 is 5.82 Å². The predicted octanol–water partition coefficient (Wildman–Crippen LogP) is 5.05.